The first-order valence-electron chi connectivity index (χ1n) is 15.5. The number of para-hydroxylation sites is 4. The Morgan fingerprint density at radius 3 is 0.959 bits per heavy atom. The molecule has 0 bridgehead atoms. The van der Waals surface area contributed by atoms with Crippen molar-refractivity contribution in [1.29, 1.82) is 10.8 Å². The highest BCUT2D eigenvalue weighted by Gasteiger charge is 2.57. The third-order valence-electron chi connectivity index (χ3n) is 8.66. The lowest BCUT2D eigenvalue weighted by molar-refractivity contribution is -0.138. The number of pyridine rings is 1. The van der Waals surface area contributed by atoms with Gasteiger partial charge < -0.3 is 0 Å². The maximum atomic E-state index is 14.8. The van der Waals surface area contributed by atoms with Crippen LogP contribution in [0.3, 0.4) is 0 Å². The number of carbonyl (C=O) groups excluding carboxylic acids is 4. The van der Waals surface area contributed by atoms with E-state index < -0.39 is 53.3 Å². The van der Waals surface area contributed by atoms with Gasteiger partial charge in [-0.15, -0.1) is 0 Å². The van der Waals surface area contributed by atoms with Crippen LogP contribution in [-0.2, 0) is 19.2 Å². The number of guanidine groups is 2. The van der Waals surface area contributed by atoms with Crippen molar-refractivity contribution in [2.75, 3.05) is 19.6 Å². The summed E-state index contributed by atoms with van der Waals surface area (Å²) in [5, 5.41) is 18.3. The zero-order chi connectivity index (χ0) is 34.1. The van der Waals surface area contributed by atoms with Crippen molar-refractivity contribution < 1.29 is 19.2 Å². The number of nitrogens with one attached hydrogen (secondary N) is 2. The highest BCUT2D eigenvalue weighted by atomic mass is 16.2. The molecule has 0 spiro atoms. The van der Waals surface area contributed by atoms with Crippen LogP contribution in [0.15, 0.2) is 146 Å². The molecule has 2 aliphatic heterocycles. The molecule has 4 aromatic carbocycles. The van der Waals surface area contributed by atoms with Crippen molar-refractivity contribution in [3.63, 3.8) is 0 Å². The number of nitrogens with zero attached hydrogens (tertiary/aromatic N) is 5. The van der Waals surface area contributed by atoms with Gasteiger partial charge in [0, 0.05) is 18.3 Å². The monoisotopic (exact) mass is 647 g/mol. The van der Waals surface area contributed by atoms with E-state index in [9.17, 15) is 19.2 Å². The Balaban J connectivity index is 1.46. The molecule has 49 heavy (non-hydrogen) atoms. The van der Waals surface area contributed by atoms with E-state index in [0.29, 0.717) is 28.3 Å². The van der Waals surface area contributed by atoms with E-state index >= 15 is 0 Å². The SMILES string of the molecule is N=C1N(c2ccccc2)C(=O)C(C(c2ccncc2)C2C(=O)N(c3ccccc3)C(=N)N(c3ccccc3)C2=O)C(=O)N1c1ccccc1. The zero-order valence-electron chi connectivity index (χ0n) is 26.0. The van der Waals surface area contributed by atoms with Gasteiger partial charge in [0.25, 0.3) is 0 Å². The Hall–Kier alpha value is -6.75. The molecule has 2 fully saturated rings. The van der Waals surface area contributed by atoms with Crippen LogP contribution >= 0.6 is 0 Å². The van der Waals surface area contributed by atoms with Crippen molar-refractivity contribution in [3.05, 3.63) is 151 Å². The van der Waals surface area contributed by atoms with Crippen molar-refractivity contribution in [1.82, 2.24) is 4.98 Å². The lowest BCUT2D eigenvalue weighted by atomic mass is 9.72. The van der Waals surface area contributed by atoms with Gasteiger partial charge >= 0.3 is 0 Å². The predicted octanol–water partition coefficient (Wildman–Crippen LogP) is 5.43. The summed E-state index contributed by atoms with van der Waals surface area (Å²) in [7, 11) is 0. The third-order valence-corrected chi connectivity index (χ3v) is 8.66. The van der Waals surface area contributed by atoms with Gasteiger partial charge in [-0.1, -0.05) is 72.8 Å². The fraction of sp³-hybridized carbons (Fsp3) is 0.0789. The molecular formula is C38H29N7O4. The largest absolute Gasteiger partial charge is 0.273 e. The minimum absolute atomic E-state index is 0.337. The lowest BCUT2D eigenvalue weighted by Gasteiger charge is -2.45. The number of hydrogen-bond donors (Lipinski definition) is 2. The van der Waals surface area contributed by atoms with E-state index in [4.69, 9.17) is 10.8 Å². The highest BCUT2D eigenvalue weighted by molar-refractivity contribution is 6.40. The number of rotatable bonds is 7. The lowest BCUT2D eigenvalue weighted by Crippen LogP contribution is -2.66. The highest BCUT2D eigenvalue weighted by Crippen LogP contribution is 2.43. The minimum atomic E-state index is -1.64. The Morgan fingerprint density at radius 1 is 0.429 bits per heavy atom. The van der Waals surface area contributed by atoms with Gasteiger partial charge in [-0.25, -0.2) is 19.6 Å². The Bertz CT molecular complexity index is 1810. The summed E-state index contributed by atoms with van der Waals surface area (Å²) in [5.41, 5.74) is 1.69. The van der Waals surface area contributed by atoms with Crippen molar-refractivity contribution in [2.24, 2.45) is 11.8 Å². The summed E-state index contributed by atoms with van der Waals surface area (Å²) < 4.78 is 0. The van der Waals surface area contributed by atoms with Crippen LogP contribution in [0.1, 0.15) is 11.5 Å². The predicted molar refractivity (Wildman–Crippen MR) is 185 cm³/mol. The van der Waals surface area contributed by atoms with Crippen LogP contribution in [0.5, 0.6) is 0 Å². The molecule has 0 radical (unpaired) electrons. The molecule has 1 aromatic heterocycles. The van der Waals surface area contributed by atoms with Gasteiger partial charge in [0.1, 0.15) is 11.8 Å². The van der Waals surface area contributed by atoms with Crippen LogP contribution in [-0.4, -0.2) is 40.5 Å². The average Bonchev–Trinajstić information content (AvgIpc) is 3.13. The van der Waals surface area contributed by atoms with Crippen LogP contribution in [0.25, 0.3) is 0 Å². The Morgan fingerprint density at radius 2 is 0.694 bits per heavy atom. The Kier molecular flexibility index (Phi) is 8.07. The van der Waals surface area contributed by atoms with E-state index in [0.717, 1.165) is 19.6 Å². The fourth-order valence-electron chi connectivity index (χ4n) is 6.47. The molecule has 11 heteroatoms. The topological polar surface area (TPSA) is 142 Å². The van der Waals surface area contributed by atoms with Gasteiger partial charge in [0.05, 0.1) is 22.7 Å². The first kappa shape index (κ1) is 30.9. The molecule has 0 aliphatic carbocycles. The van der Waals surface area contributed by atoms with Crippen molar-refractivity contribution in [3.8, 4) is 0 Å². The number of hydrogen-bond acceptors (Lipinski definition) is 7. The first-order valence-corrected chi connectivity index (χ1v) is 15.5. The normalized spacial score (nSPS) is 19.0. The summed E-state index contributed by atoms with van der Waals surface area (Å²) in [5.74, 6) is -8.51. The van der Waals surface area contributed by atoms with Gasteiger partial charge in [0.15, 0.2) is 0 Å². The van der Waals surface area contributed by atoms with E-state index in [2.05, 4.69) is 4.98 Å². The fourth-order valence-corrected chi connectivity index (χ4v) is 6.47. The van der Waals surface area contributed by atoms with Crippen LogP contribution in [0.2, 0.25) is 0 Å². The number of amides is 4. The molecule has 2 aliphatic rings. The molecule has 0 atom stereocenters. The molecule has 240 valence electrons. The smallest absolute Gasteiger partial charge is 0.247 e. The second-order valence-corrected chi connectivity index (χ2v) is 11.4. The standard InChI is InChI=1S/C38H29N7O4/c39-37-42(26-13-5-1-6-14-26)33(46)31(34(47)43(37)27-15-7-2-8-16-27)30(25-21-23-41-24-22-25)32-35(48)44(28-17-9-3-10-18-28)38(40)45(36(32)49)29-19-11-4-12-20-29/h1-24,30-32,39-40H. The van der Waals surface area contributed by atoms with Gasteiger partial charge in [-0.2, -0.15) is 0 Å². The number of benzene rings is 4. The Labute approximate surface area is 281 Å². The molecule has 3 heterocycles. The second-order valence-electron chi connectivity index (χ2n) is 11.4. The van der Waals surface area contributed by atoms with E-state index in [-0.39, 0.29) is 0 Å². The van der Waals surface area contributed by atoms with Crippen LogP contribution in [0, 0.1) is 22.7 Å². The number of aromatic nitrogens is 1. The van der Waals surface area contributed by atoms with Gasteiger partial charge in [-0.3, -0.25) is 35.0 Å². The molecule has 4 amide bonds. The minimum Gasteiger partial charge on any atom is -0.273 e. The molecular weight excluding hydrogens is 618 g/mol. The average molecular weight is 648 g/mol. The third kappa shape index (κ3) is 5.32. The summed E-state index contributed by atoms with van der Waals surface area (Å²) in [4.78, 5) is 67.8. The van der Waals surface area contributed by atoms with Crippen LogP contribution in [0.4, 0.5) is 22.7 Å². The van der Waals surface area contributed by atoms with Gasteiger partial charge in [-0.05, 0) is 66.2 Å². The van der Waals surface area contributed by atoms with E-state index in [1.807, 2.05) is 0 Å². The zero-order valence-corrected chi connectivity index (χ0v) is 26.0. The molecule has 2 N–H and O–H groups in total. The number of carbonyl (C=O) groups is 4. The molecule has 0 saturated carbocycles. The van der Waals surface area contributed by atoms with E-state index in [1.54, 1.807) is 133 Å². The molecule has 2 saturated heterocycles. The first-order chi connectivity index (χ1) is 23.9. The van der Waals surface area contributed by atoms with Crippen molar-refractivity contribution in [2.45, 2.75) is 5.92 Å². The van der Waals surface area contributed by atoms with Crippen molar-refractivity contribution >= 4 is 58.3 Å². The molecule has 0 unspecified atom stereocenters. The van der Waals surface area contributed by atoms with Gasteiger partial charge in [0.2, 0.25) is 35.5 Å². The summed E-state index contributed by atoms with van der Waals surface area (Å²) in [6.45, 7) is 0. The molecule has 11 nitrogen and oxygen atoms in total. The number of anilines is 4. The molecule has 5 aromatic rings. The molecule has 7 rings (SSSR count). The maximum Gasteiger partial charge on any atom is 0.247 e. The summed E-state index contributed by atoms with van der Waals surface area (Å²) >= 11 is 0. The van der Waals surface area contributed by atoms with Crippen LogP contribution < -0.4 is 19.6 Å². The summed E-state index contributed by atoms with van der Waals surface area (Å²) in [6, 6.07) is 37.1. The summed E-state index contributed by atoms with van der Waals surface area (Å²) in [6.07, 6.45) is 2.94. The van der Waals surface area contributed by atoms with E-state index in [1.165, 1.54) is 12.4 Å². The quantitative estimate of drug-likeness (QED) is 0.227. The second kappa shape index (κ2) is 12.8. The maximum absolute atomic E-state index is 14.8.